The lowest BCUT2D eigenvalue weighted by Crippen LogP contribution is -2.08. The highest BCUT2D eigenvalue weighted by Crippen LogP contribution is 2.50. The summed E-state index contributed by atoms with van der Waals surface area (Å²) in [4.78, 5) is 11.6. The molecule has 4 aromatic rings. The first kappa shape index (κ1) is 15.9. The molecule has 132 valence electrons. The summed E-state index contributed by atoms with van der Waals surface area (Å²) < 4.78 is 7.96. The number of carbonyl (C=O) groups is 1. The third-order valence-corrected chi connectivity index (χ3v) is 5.25. The molecule has 2 heterocycles. The molecule has 5 rings (SSSR count). The van der Waals surface area contributed by atoms with Gasteiger partial charge in [0.05, 0.1) is 16.8 Å². The van der Waals surface area contributed by atoms with Crippen molar-refractivity contribution in [2.75, 3.05) is 7.11 Å². The highest BCUT2D eigenvalue weighted by atomic mass is 16.5. The van der Waals surface area contributed by atoms with E-state index in [0.717, 1.165) is 38.9 Å². The van der Waals surface area contributed by atoms with E-state index in [4.69, 9.17) is 4.74 Å². The topological polar surface area (TPSA) is 51.5 Å². The maximum absolute atomic E-state index is 11.6. The van der Waals surface area contributed by atoms with Crippen LogP contribution in [0.5, 0.6) is 0 Å². The summed E-state index contributed by atoms with van der Waals surface area (Å²) in [5, 5.41) is 10.5. The minimum Gasteiger partial charge on any atom is -0.478 e. The van der Waals surface area contributed by atoms with Gasteiger partial charge in [-0.2, -0.15) is 0 Å². The Bertz CT molecular complexity index is 1190. The van der Waals surface area contributed by atoms with Crippen LogP contribution < -0.4 is 0 Å². The van der Waals surface area contributed by atoms with Crippen LogP contribution in [0.3, 0.4) is 0 Å². The lowest BCUT2D eigenvalue weighted by molar-refractivity contribution is 0.0696. The van der Waals surface area contributed by atoms with Crippen molar-refractivity contribution >= 4 is 16.9 Å². The van der Waals surface area contributed by atoms with E-state index in [0.29, 0.717) is 0 Å². The molecule has 1 unspecified atom stereocenters. The van der Waals surface area contributed by atoms with Gasteiger partial charge in [-0.25, -0.2) is 4.79 Å². The molecule has 27 heavy (non-hydrogen) atoms. The molecule has 1 aliphatic rings. The first-order chi connectivity index (χ1) is 13.2. The van der Waals surface area contributed by atoms with Crippen molar-refractivity contribution < 1.29 is 14.6 Å². The zero-order valence-corrected chi connectivity index (χ0v) is 14.7. The quantitative estimate of drug-likeness (QED) is 0.551. The molecule has 4 nitrogen and oxygen atoms in total. The third kappa shape index (κ3) is 2.17. The van der Waals surface area contributed by atoms with Crippen molar-refractivity contribution in [2.24, 2.45) is 0 Å². The predicted molar refractivity (Wildman–Crippen MR) is 105 cm³/mol. The molecule has 0 spiro atoms. The van der Waals surface area contributed by atoms with Crippen molar-refractivity contribution in [3.63, 3.8) is 0 Å². The molecule has 1 atom stereocenters. The number of carboxylic acids is 1. The van der Waals surface area contributed by atoms with Crippen molar-refractivity contribution in [3.8, 4) is 22.4 Å². The van der Waals surface area contributed by atoms with Gasteiger partial charge >= 0.3 is 5.97 Å². The van der Waals surface area contributed by atoms with Crippen LogP contribution in [-0.4, -0.2) is 22.8 Å². The van der Waals surface area contributed by atoms with Gasteiger partial charge in [-0.1, -0.05) is 60.7 Å². The van der Waals surface area contributed by atoms with Crippen LogP contribution >= 0.6 is 0 Å². The molecule has 1 aromatic heterocycles. The van der Waals surface area contributed by atoms with Crippen LogP contribution in [0.4, 0.5) is 0 Å². The Balaban J connectivity index is 1.95. The van der Waals surface area contributed by atoms with Crippen LogP contribution in [-0.2, 0) is 4.74 Å². The van der Waals surface area contributed by atoms with Crippen molar-refractivity contribution in [1.82, 2.24) is 4.57 Å². The van der Waals surface area contributed by atoms with E-state index < -0.39 is 5.97 Å². The summed E-state index contributed by atoms with van der Waals surface area (Å²) in [7, 11) is 1.69. The summed E-state index contributed by atoms with van der Waals surface area (Å²) in [6, 6.07) is 23.7. The monoisotopic (exact) mass is 355 g/mol. The Morgan fingerprint density at radius 2 is 1.74 bits per heavy atom. The van der Waals surface area contributed by atoms with Gasteiger partial charge in [0.1, 0.15) is 0 Å². The van der Waals surface area contributed by atoms with Gasteiger partial charge in [0, 0.05) is 29.2 Å². The predicted octanol–water partition coefficient (Wildman–Crippen LogP) is 5.18. The van der Waals surface area contributed by atoms with Crippen LogP contribution in [0, 0.1) is 0 Å². The fourth-order valence-electron chi connectivity index (χ4n) is 4.15. The van der Waals surface area contributed by atoms with Gasteiger partial charge in [-0.05, 0) is 17.7 Å². The van der Waals surface area contributed by atoms with Crippen LogP contribution in [0.1, 0.15) is 22.1 Å². The average Bonchev–Trinajstić information content (AvgIpc) is 3.20. The zero-order chi connectivity index (χ0) is 18.5. The normalized spacial score (nSPS) is 14.9. The lowest BCUT2D eigenvalue weighted by Gasteiger charge is -2.14. The number of hydrogen-bond acceptors (Lipinski definition) is 2. The number of ether oxygens (including phenoxy) is 1. The summed E-state index contributed by atoms with van der Waals surface area (Å²) in [5.74, 6) is -0.932. The van der Waals surface area contributed by atoms with Gasteiger partial charge in [-0.15, -0.1) is 0 Å². The van der Waals surface area contributed by atoms with Crippen LogP contribution in [0.2, 0.25) is 0 Å². The second-order valence-electron chi connectivity index (χ2n) is 6.67. The van der Waals surface area contributed by atoms with E-state index in [1.165, 1.54) is 0 Å². The molecule has 0 radical (unpaired) electrons. The maximum atomic E-state index is 11.6. The highest BCUT2D eigenvalue weighted by Gasteiger charge is 2.33. The van der Waals surface area contributed by atoms with Gasteiger partial charge in [0.25, 0.3) is 0 Å². The number of benzene rings is 3. The second-order valence-corrected chi connectivity index (χ2v) is 6.67. The fraction of sp³-hybridized carbons (Fsp3) is 0.0870. The van der Waals surface area contributed by atoms with Crippen molar-refractivity contribution in [2.45, 2.75) is 6.23 Å². The van der Waals surface area contributed by atoms with E-state index in [-0.39, 0.29) is 11.8 Å². The summed E-state index contributed by atoms with van der Waals surface area (Å²) in [5.41, 5.74) is 6.63. The van der Waals surface area contributed by atoms with E-state index in [9.17, 15) is 9.90 Å². The molecule has 0 bridgehead atoms. The summed E-state index contributed by atoms with van der Waals surface area (Å²) >= 11 is 0. The molecule has 0 amide bonds. The smallest absolute Gasteiger partial charge is 0.335 e. The van der Waals surface area contributed by atoms with Gasteiger partial charge < -0.3 is 14.4 Å². The molecule has 4 heteroatoms. The largest absolute Gasteiger partial charge is 0.478 e. The van der Waals surface area contributed by atoms with Crippen LogP contribution in [0.15, 0.2) is 72.8 Å². The number of carboxylic acid groups (broad SMARTS) is 1. The molecule has 1 aliphatic heterocycles. The molecular formula is C23H17NO3. The summed E-state index contributed by atoms with van der Waals surface area (Å²) in [6.45, 7) is 0. The number of nitrogens with zero attached hydrogens (tertiary/aromatic N) is 1. The second kappa shape index (κ2) is 5.83. The standard InChI is InChI=1S/C23H17NO3/c1-27-22-17-10-6-5-9-16(17)21-20(14-7-3-2-4-8-14)18-12-11-15(23(25)26)13-19(18)24(21)22/h2-13,22H,1H3,(H,25,26). The van der Waals surface area contributed by atoms with Crippen molar-refractivity contribution in [3.05, 3.63) is 83.9 Å². The van der Waals surface area contributed by atoms with Gasteiger partial charge in [0.2, 0.25) is 0 Å². The number of aromatic nitrogens is 1. The Labute approximate surface area is 156 Å². The molecular weight excluding hydrogens is 338 g/mol. The Morgan fingerprint density at radius 1 is 1.00 bits per heavy atom. The average molecular weight is 355 g/mol. The highest BCUT2D eigenvalue weighted by molar-refractivity contribution is 6.08. The van der Waals surface area contributed by atoms with Crippen molar-refractivity contribution in [1.29, 1.82) is 0 Å². The maximum Gasteiger partial charge on any atom is 0.335 e. The van der Waals surface area contributed by atoms with E-state index >= 15 is 0 Å². The lowest BCUT2D eigenvalue weighted by atomic mass is 9.96. The summed E-state index contributed by atoms with van der Waals surface area (Å²) in [6.07, 6.45) is -0.278. The van der Waals surface area contributed by atoms with Crippen LogP contribution in [0.25, 0.3) is 33.3 Å². The number of methoxy groups -OCH3 is 1. The molecule has 1 N–H and O–H groups in total. The number of rotatable bonds is 3. The fourth-order valence-corrected chi connectivity index (χ4v) is 4.15. The Kier molecular flexibility index (Phi) is 3.42. The molecule has 0 saturated heterocycles. The minimum absolute atomic E-state index is 0.272. The zero-order valence-electron chi connectivity index (χ0n) is 14.7. The number of hydrogen-bond donors (Lipinski definition) is 1. The van der Waals surface area contributed by atoms with E-state index in [2.05, 4.69) is 28.8 Å². The van der Waals surface area contributed by atoms with Gasteiger partial charge in [0.15, 0.2) is 6.23 Å². The molecule has 0 saturated carbocycles. The molecule has 3 aromatic carbocycles. The van der Waals surface area contributed by atoms with Gasteiger partial charge in [-0.3, -0.25) is 0 Å². The number of aromatic carboxylic acids is 1. The number of fused-ring (bicyclic) bond motifs is 5. The van der Waals surface area contributed by atoms with E-state index in [1.807, 2.05) is 36.4 Å². The molecule has 0 fully saturated rings. The first-order valence-corrected chi connectivity index (χ1v) is 8.79. The third-order valence-electron chi connectivity index (χ3n) is 5.25. The minimum atomic E-state index is -0.932. The van der Waals surface area contributed by atoms with E-state index in [1.54, 1.807) is 19.2 Å². The Hall–Kier alpha value is -3.37. The molecule has 0 aliphatic carbocycles. The Morgan fingerprint density at radius 3 is 2.48 bits per heavy atom. The first-order valence-electron chi connectivity index (χ1n) is 8.79. The SMILES string of the molecule is COC1c2ccccc2-c2c(-c3ccccc3)c3ccc(C(=O)O)cc3n21.